The zero-order valence-electron chi connectivity index (χ0n) is 10.8. The number of amides is 1. The number of carbonyl (C=O) groups is 1. The van der Waals surface area contributed by atoms with Gasteiger partial charge >= 0.3 is 0 Å². The molecule has 1 amide bonds. The van der Waals surface area contributed by atoms with E-state index in [0.717, 1.165) is 5.56 Å². The minimum absolute atomic E-state index is 0.104. The van der Waals surface area contributed by atoms with E-state index in [4.69, 9.17) is 5.11 Å². The molecule has 102 valence electrons. The van der Waals surface area contributed by atoms with Crippen molar-refractivity contribution in [1.29, 1.82) is 0 Å². The van der Waals surface area contributed by atoms with Gasteiger partial charge in [0.1, 0.15) is 6.61 Å². The molecule has 0 spiro atoms. The van der Waals surface area contributed by atoms with Crippen LogP contribution in [-0.2, 0) is 11.3 Å². The second-order valence-electron chi connectivity index (χ2n) is 4.00. The number of aromatic nitrogens is 3. The molecule has 6 nitrogen and oxygen atoms in total. The third-order valence-corrected chi connectivity index (χ3v) is 2.50. The molecule has 0 aliphatic heterocycles. The monoisotopic (exact) mass is 270 g/mol. The van der Waals surface area contributed by atoms with Gasteiger partial charge < -0.3 is 10.4 Å². The van der Waals surface area contributed by atoms with Gasteiger partial charge in [-0.25, -0.2) is 0 Å². The highest BCUT2D eigenvalue weighted by molar-refractivity contribution is 5.90. The highest BCUT2D eigenvalue weighted by Gasteiger charge is 2.03. The average Bonchev–Trinajstić information content (AvgIpc) is 2.97. The quantitative estimate of drug-likeness (QED) is 0.799. The lowest BCUT2D eigenvalue weighted by molar-refractivity contribution is -0.116. The Morgan fingerprint density at radius 2 is 2.35 bits per heavy atom. The van der Waals surface area contributed by atoms with Crippen LogP contribution in [0, 0.1) is 11.8 Å². The minimum Gasteiger partial charge on any atom is -0.384 e. The van der Waals surface area contributed by atoms with Crippen molar-refractivity contribution in [2.75, 3.05) is 11.9 Å². The van der Waals surface area contributed by atoms with Gasteiger partial charge in [0, 0.05) is 23.9 Å². The number of nitrogens with zero attached hydrogens (tertiary/aromatic N) is 3. The smallest absolute Gasteiger partial charge is 0.226 e. The topological polar surface area (TPSA) is 80.0 Å². The molecule has 0 fully saturated rings. The first-order valence-corrected chi connectivity index (χ1v) is 6.11. The molecule has 0 atom stereocenters. The first-order valence-electron chi connectivity index (χ1n) is 6.11. The van der Waals surface area contributed by atoms with Crippen molar-refractivity contribution in [1.82, 2.24) is 15.0 Å². The van der Waals surface area contributed by atoms with Gasteiger partial charge in [-0.3, -0.25) is 9.48 Å². The zero-order valence-corrected chi connectivity index (χ0v) is 10.8. The number of benzene rings is 1. The Balaban J connectivity index is 1.90. The fourth-order valence-electron chi connectivity index (χ4n) is 1.61. The number of hydrogen-bond donors (Lipinski definition) is 2. The summed E-state index contributed by atoms with van der Waals surface area (Å²) in [6.07, 6.45) is 3.59. The second kappa shape index (κ2) is 7.07. The van der Waals surface area contributed by atoms with E-state index in [1.807, 2.05) is 6.07 Å². The molecule has 1 aromatic heterocycles. The number of aryl methyl sites for hydroxylation is 1. The van der Waals surface area contributed by atoms with Crippen LogP contribution in [0.5, 0.6) is 0 Å². The summed E-state index contributed by atoms with van der Waals surface area (Å²) in [4.78, 5) is 11.8. The lowest BCUT2D eigenvalue weighted by Gasteiger charge is -2.05. The van der Waals surface area contributed by atoms with Crippen molar-refractivity contribution < 1.29 is 9.90 Å². The van der Waals surface area contributed by atoms with Crippen molar-refractivity contribution in [2.24, 2.45) is 0 Å². The maximum absolute atomic E-state index is 11.8. The van der Waals surface area contributed by atoms with E-state index in [0.29, 0.717) is 18.7 Å². The molecule has 1 aromatic carbocycles. The van der Waals surface area contributed by atoms with E-state index in [2.05, 4.69) is 27.5 Å². The summed E-state index contributed by atoms with van der Waals surface area (Å²) >= 11 is 0. The molecule has 6 heteroatoms. The predicted molar refractivity (Wildman–Crippen MR) is 73.7 cm³/mol. The number of hydrogen-bond acceptors (Lipinski definition) is 4. The number of aliphatic hydroxyl groups excluding tert-OH is 1. The molecule has 20 heavy (non-hydrogen) atoms. The number of anilines is 1. The van der Waals surface area contributed by atoms with E-state index in [-0.39, 0.29) is 12.5 Å². The van der Waals surface area contributed by atoms with Gasteiger partial charge in [0.25, 0.3) is 0 Å². The normalized spacial score (nSPS) is 9.65. The fraction of sp³-hybridized carbons (Fsp3) is 0.214. The summed E-state index contributed by atoms with van der Waals surface area (Å²) in [5, 5.41) is 18.9. The van der Waals surface area contributed by atoms with E-state index >= 15 is 0 Å². The Morgan fingerprint density at radius 1 is 1.45 bits per heavy atom. The van der Waals surface area contributed by atoms with Gasteiger partial charge in [0.15, 0.2) is 0 Å². The molecule has 0 saturated heterocycles. The first kappa shape index (κ1) is 13.8. The first-order chi connectivity index (χ1) is 9.78. The summed E-state index contributed by atoms with van der Waals surface area (Å²) in [6, 6.07) is 7.16. The predicted octanol–water partition coefficient (Wildman–Crippen LogP) is 0.651. The van der Waals surface area contributed by atoms with E-state index < -0.39 is 0 Å². The number of rotatable bonds is 4. The Bertz CT molecular complexity index is 626. The van der Waals surface area contributed by atoms with Crippen LogP contribution in [0.4, 0.5) is 5.69 Å². The zero-order chi connectivity index (χ0) is 14.2. The van der Waals surface area contributed by atoms with Crippen molar-refractivity contribution in [3.63, 3.8) is 0 Å². The van der Waals surface area contributed by atoms with Crippen LogP contribution in [0.25, 0.3) is 0 Å². The van der Waals surface area contributed by atoms with Crippen molar-refractivity contribution in [2.45, 2.75) is 13.0 Å². The Kier molecular flexibility index (Phi) is 4.87. The van der Waals surface area contributed by atoms with Gasteiger partial charge in [-0.1, -0.05) is 23.1 Å². The van der Waals surface area contributed by atoms with Gasteiger partial charge in [-0.05, 0) is 18.2 Å². The second-order valence-corrected chi connectivity index (χ2v) is 4.00. The highest BCUT2D eigenvalue weighted by Crippen LogP contribution is 2.10. The summed E-state index contributed by atoms with van der Waals surface area (Å²) in [5.74, 6) is 5.25. The number of aliphatic hydroxyl groups is 1. The molecule has 2 aromatic rings. The Labute approximate surface area is 116 Å². The fourth-order valence-corrected chi connectivity index (χ4v) is 1.61. The van der Waals surface area contributed by atoms with Gasteiger partial charge in [0.2, 0.25) is 5.91 Å². The third kappa shape index (κ3) is 4.23. The molecule has 0 radical (unpaired) electrons. The van der Waals surface area contributed by atoms with Crippen LogP contribution in [0.15, 0.2) is 36.7 Å². The molecule has 0 saturated carbocycles. The van der Waals surface area contributed by atoms with Crippen LogP contribution in [0.1, 0.15) is 12.0 Å². The lowest BCUT2D eigenvalue weighted by Crippen LogP contribution is -2.14. The van der Waals surface area contributed by atoms with Crippen molar-refractivity contribution in [3.05, 3.63) is 42.2 Å². The minimum atomic E-state index is -0.186. The van der Waals surface area contributed by atoms with Crippen molar-refractivity contribution >= 4 is 11.6 Å². The number of carbonyl (C=O) groups excluding carboxylic acids is 1. The molecule has 0 aliphatic rings. The lowest BCUT2D eigenvalue weighted by atomic mass is 10.2. The summed E-state index contributed by atoms with van der Waals surface area (Å²) in [6.45, 7) is 0.296. The molecule has 0 unspecified atom stereocenters. The SMILES string of the molecule is O=C(CCn1ccnn1)Nc1cccc(C#CCO)c1. The molecule has 2 rings (SSSR count). The van der Waals surface area contributed by atoms with Crippen LogP contribution in [-0.4, -0.2) is 32.6 Å². The molecule has 0 bridgehead atoms. The highest BCUT2D eigenvalue weighted by atomic mass is 16.2. The summed E-state index contributed by atoms with van der Waals surface area (Å²) < 4.78 is 1.60. The largest absolute Gasteiger partial charge is 0.384 e. The molecular weight excluding hydrogens is 256 g/mol. The molecule has 1 heterocycles. The number of nitrogens with one attached hydrogen (secondary N) is 1. The van der Waals surface area contributed by atoms with E-state index in [1.54, 1.807) is 35.3 Å². The van der Waals surface area contributed by atoms with Crippen LogP contribution < -0.4 is 5.32 Å². The maximum atomic E-state index is 11.8. The molecule has 2 N–H and O–H groups in total. The van der Waals surface area contributed by atoms with E-state index in [1.165, 1.54) is 0 Å². The average molecular weight is 270 g/mol. The summed E-state index contributed by atoms with van der Waals surface area (Å²) in [7, 11) is 0. The maximum Gasteiger partial charge on any atom is 0.226 e. The molecular formula is C14H14N4O2. The standard InChI is InChI=1S/C14H14N4O2/c19-10-2-4-12-3-1-5-13(11-12)16-14(20)6-8-18-9-7-15-17-18/h1,3,5,7,9,11,19H,6,8,10H2,(H,16,20). The Hall–Kier alpha value is -2.65. The van der Waals surface area contributed by atoms with Crippen LogP contribution in [0.2, 0.25) is 0 Å². The molecule has 0 aliphatic carbocycles. The summed E-state index contributed by atoms with van der Waals surface area (Å²) in [5.41, 5.74) is 1.42. The van der Waals surface area contributed by atoms with E-state index in [9.17, 15) is 4.79 Å². The van der Waals surface area contributed by atoms with Crippen LogP contribution in [0.3, 0.4) is 0 Å². The van der Waals surface area contributed by atoms with Crippen LogP contribution >= 0.6 is 0 Å². The van der Waals surface area contributed by atoms with Crippen molar-refractivity contribution in [3.8, 4) is 11.8 Å². The third-order valence-electron chi connectivity index (χ3n) is 2.50. The van der Waals surface area contributed by atoms with Gasteiger partial charge in [-0.2, -0.15) is 0 Å². The van der Waals surface area contributed by atoms with Gasteiger partial charge in [-0.15, -0.1) is 5.10 Å². The Morgan fingerprint density at radius 3 is 3.10 bits per heavy atom. The van der Waals surface area contributed by atoms with Gasteiger partial charge in [0.05, 0.1) is 12.7 Å².